The smallest absolute Gasteiger partial charge is 0.303 e. The van der Waals surface area contributed by atoms with Crippen molar-refractivity contribution in [1.29, 1.82) is 0 Å². The lowest BCUT2D eigenvalue weighted by Gasteiger charge is -2.04. The Bertz CT molecular complexity index is 428. The van der Waals surface area contributed by atoms with Gasteiger partial charge in [-0.2, -0.15) is 0 Å². The number of hydrogen-bond acceptors (Lipinski definition) is 1. The van der Waals surface area contributed by atoms with Gasteiger partial charge in [0.25, 0.3) is 0 Å². The van der Waals surface area contributed by atoms with Gasteiger partial charge in [0, 0.05) is 10.9 Å². The molecule has 0 aliphatic rings. The van der Waals surface area contributed by atoms with Crippen molar-refractivity contribution in [3.05, 3.63) is 34.3 Å². The molecule has 0 radical (unpaired) electrons. The SMILES string of the molecule is O=C(O)CCCCCCCCCCCCCCc1ccc(Br)cc1. The minimum atomic E-state index is -0.660. The molecule has 0 fully saturated rings. The van der Waals surface area contributed by atoms with Crippen LogP contribution < -0.4 is 0 Å². The minimum absolute atomic E-state index is 0.335. The second kappa shape index (κ2) is 14.5. The molecule has 0 saturated heterocycles. The van der Waals surface area contributed by atoms with Crippen molar-refractivity contribution < 1.29 is 9.90 Å². The van der Waals surface area contributed by atoms with E-state index in [-0.39, 0.29) is 0 Å². The van der Waals surface area contributed by atoms with Gasteiger partial charge in [0.15, 0.2) is 0 Å². The van der Waals surface area contributed by atoms with E-state index in [0.717, 1.165) is 17.3 Å². The van der Waals surface area contributed by atoms with Crippen molar-refractivity contribution in [2.45, 2.75) is 89.9 Å². The Hall–Kier alpha value is -0.830. The zero-order valence-electron chi connectivity index (χ0n) is 14.9. The molecule has 1 aromatic carbocycles. The molecular formula is C21H33BrO2. The van der Waals surface area contributed by atoms with Crippen LogP contribution in [0.2, 0.25) is 0 Å². The van der Waals surface area contributed by atoms with E-state index in [1.807, 2.05) is 0 Å². The van der Waals surface area contributed by atoms with E-state index in [9.17, 15) is 4.79 Å². The van der Waals surface area contributed by atoms with Crippen molar-refractivity contribution in [2.24, 2.45) is 0 Å². The summed E-state index contributed by atoms with van der Waals surface area (Å²) in [6.07, 6.45) is 16.7. The summed E-state index contributed by atoms with van der Waals surface area (Å²) in [5.74, 6) is -0.660. The van der Waals surface area contributed by atoms with Gasteiger partial charge in [-0.25, -0.2) is 0 Å². The van der Waals surface area contributed by atoms with Gasteiger partial charge in [-0.15, -0.1) is 0 Å². The highest BCUT2D eigenvalue weighted by atomic mass is 79.9. The van der Waals surface area contributed by atoms with Crippen LogP contribution >= 0.6 is 15.9 Å². The molecule has 0 aliphatic carbocycles. The van der Waals surface area contributed by atoms with Crippen LogP contribution in [-0.2, 0) is 11.2 Å². The Morgan fingerprint density at radius 3 is 1.58 bits per heavy atom. The van der Waals surface area contributed by atoms with Crippen molar-refractivity contribution in [3.8, 4) is 0 Å². The van der Waals surface area contributed by atoms with Crippen LogP contribution in [0.5, 0.6) is 0 Å². The van der Waals surface area contributed by atoms with Gasteiger partial charge in [-0.3, -0.25) is 4.79 Å². The number of hydrogen-bond donors (Lipinski definition) is 1. The first kappa shape index (κ1) is 21.2. The first-order valence-corrected chi connectivity index (χ1v) is 10.4. The molecule has 1 rings (SSSR count). The van der Waals surface area contributed by atoms with Gasteiger partial charge < -0.3 is 5.11 Å². The minimum Gasteiger partial charge on any atom is -0.481 e. The Morgan fingerprint density at radius 1 is 0.708 bits per heavy atom. The van der Waals surface area contributed by atoms with E-state index >= 15 is 0 Å². The van der Waals surface area contributed by atoms with Crippen LogP contribution in [0, 0.1) is 0 Å². The molecule has 2 nitrogen and oxygen atoms in total. The summed E-state index contributed by atoms with van der Waals surface area (Å²) in [5.41, 5.74) is 1.45. The average molecular weight is 397 g/mol. The third-order valence-corrected chi connectivity index (χ3v) is 5.05. The summed E-state index contributed by atoms with van der Waals surface area (Å²) >= 11 is 3.47. The quantitative estimate of drug-likeness (QED) is 0.319. The fraction of sp³-hybridized carbons (Fsp3) is 0.667. The lowest BCUT2D eigenvalue weighted by molar-refractivity contribution is -0.137. The van der Waals surface area contributed by atoms with Gasteiger partial charge >= 0.3 is 5.97 Å². The monoisotopic (exact) mass is 396 g/mol. The summed E-state index contributed by atoms with van der Waals surface area (Å²) in [7, 11) is 0. The molecule has 0 aromatic heterocycles. The van der Waals surface area contributed by atoms with Gasteiger partial charge in [0.2, 0.25) is 0 Å². The number of unbranched alkanes of at least 4 members (excludes halogenated alkanes) is 11. The molecule has 1 aromatic rings. The molecule has 0 spiro atoms. The number of rotatable bonds is 15. The topological polar surface area (TPSA) is 37.3 Å². The maximum absolute atomic E-state index is 10.4. The van der Waals surface area contributed by atoms with E-state index in [2.05, 4.69) is 40.2 Å². The van der Waals surface area contributed by atoms with Gasteiger partial charge in [0.05, 0.1) is 0 Å². The molecule has 0 amide bonds. The number of halogens is 1. The van der Waals surface area contributed by atoms with Crippen LogP contribution in [0.1, 0.15) is 89.0 Å². The second-order valence-electron chi connectivity index (χ2n) is 6.76. The van der Waals surface area contributed by atoms with E-state index in [0.29, 0.717) is 6.42 Å². The summed E-state index contributed by atoms with van der Waals surface area (Å²) < 4.78 is 1.16. The molecule has 0 unspecified atom stereocenters. The third kappa shape index (κ3) is 12.6. The predicted molar refractivity (Wildman–Crippen MR) is 106 cm³/mol. The van der Waals surface area contributed by atoms with E-state index in [1.54, 1.807) is 0 Å². The van der Waals surface area contributed by atoms with E-state index < -0.39 is 5.97 Å². The lowest BCUT2D eigenvalue weighted by atomic mass is 10.0. The molecule has 0 bridgehead atoms. The number of aliphatic carboxylic acids is 1. The highest BCUT2D eigenvalue weighted by Crippen LogP contribution is 2.15. The largest absolute Gasteiger partial charge is 0.481 e. The highest BCUT2D eigenvalue weighted by molar-refractivity contribution is 9.10. The van der Waals surface area contributed by atoms with Crippen molar-refractivity contribution in [1.82, 2.24) is 0 Å². The third-order valence-electron chi connectivity index (χ3n) is 4.52. The summed E-state index contributed by atoms with van der Waals surface area (Å²) in [6, 6.07) is 8.68. The molecule has 0 atom stereocenters. The first-order valence-electron chi connectivity index (χ1n) is 9.65. The van der Waals surface area contributed by atoms with Gasteiger partial charge in [-0.1, -0.05) is 92.3 Å². The molecule has 24 heavy (non-hydrogen) atoms. The molecule has 0 heterocycles. The van der Waals surface area contributed by atoms with Crippen molar-refractivity contribution in [2.75, 3.05) is 0 Å². The Balaban J connectivity index is 1.77. The first-order chi connectivity index (χ1) is 11.7. The summed E-state index contributed by atoms with van der Waals surface area (Å²) in [5, 5.41) is 8.56. The van der Waals surface area contributed by atoms with Crippen LogP contribution in [0.25, 0.3) is 0 Å². The fourth-order valence-corrected chi connectivity index (χ4v) is 3.29. The highest BCUT2D eigenvalue weighted by Gasteiger charge is 1.97. The predicted octanol–water partition coefficient (Wildman–Crippen LogP) is 7.15. The second-order valence-corrected chi connectivity index (χ2v) is 7.68. The van der Waals surface area contributed by atoms with Gasteiger partial charge in [0.1, 0.15) is 0 Å². The maximum atomic E-state index is 10.4. The van der Waals surface area contributed by atoms with Crippen LogP contribution in [0.15, 0.2) is 28.7 Å². The fourth-order valence-electron chi connectivity index (χ4n) is 3.02. The zero-order chi connectivity index (χ0) is 17.5. The molecular weight excluding hydrogens is 364 g/mol. The van der Waals surface area contributed by atoms with Crippen molar-refractivity contribution >= 4 is 21.9 Å². The number of carboxylic acid groups (broad SMARTS) is 1. The maximum Gasteiger partial charge on any atom is 0.303 e. The van der Waals surface area contributed by atoms with Crippen LogP contribution in [0.4, 0.5) is 0 Å². The standard InChI is InChI=1S/C21H33BrO2/c22-20-17-15-19(16-18-20)13-11-9-7-5-3-1-2-4-6-8-10-12-14-21(23)24/h15-18H,1-14H2,(H,23,24). The molecule has 3 heteroatoms. The summed E-state index contributed by atoms with van der Waals surface area (Å²) in [6.45, 7) is 0. The number of carbonyl (C=O) groups is 1. The number of aryl methyl sites for hydroxylation is 1. The molecule has 0 aliphatic heterocycles. The van der Waals surface area contributed by atoms with Crippen LogP contribution in [-0.4, -0.2) is 11.1 Å². The summed E-state index contributed by atoms with van der Waals surface area (Å²) in [4.78, 5) is 10.4. The Kier molecular flexibility index (Phi) is 12.8. The molecule has 136 valence electrons. The van der Waals surface area contributed by atoms with E-state index in [1.165, 1.54) is 76.2 Å². The number of benzene rings is 1. The molecule has 0 saturated carbocycles. The normalized spacial score (nSPS) is 10.9. The number of carboxylic acids is 1. The Morgan fingerprint density at radius 2 is 1.12 bits per heavy atom. The average Bonchev–Trinajstić information content (AvgIpc) is 2.56. The van der Waals surface area contributed by atoms with Crippen LogP contribution in [0.3, 0.4) is 0 Å². The van der Waals surface area contributed by atoms with E-state index in [4.69, 9.17) is 5.11 Å². The lowest BCUT2D eigenvalue weighted by Crippen LogP contribution is -1.93. The van der Waals surface area contributed by atoms with Gasteiger partial charge in [-0.05, 0) is 37.0 Å². The molecule has 1 N–H and O–H groups in total. The zero-order valence-corrected chi connectivity index (χ0v) is 16.5. The van der Waals surface area contributed by atoms with Crippen molar-refractivity contribution in [3.63, 3.8) is 0 Å². The Labute approximate surface area is 156 Å².